The maximum absolute atomic E-state index is 5.26. The Morgan fingerprint density at radius 3 is 2.73 bits per heavy atom. The summed E-state index contributed by atoms with van der Waals surface area (Å²) in [6.45, 7) is 2.33. The number of benzene rings is 1. The Hall–Kier alpha value is -0.700. The Morgan fingerprint density at radius 2 is 2.00 bits per heavy atom. The molecule has 0 bridgehead atoms. The summed E-state index contributed by atoms with van der Waals surface area (Å²) in [4.78, 5) is 0. The molecule has 58 valence electrons. The van der Waals surface area contributed by atoms with Gasteiger partial charge in [-0.15, -0.1) is 0 Å². The summed E-state index contributed by atoms with van der Waals surface area (Å²) in [7, 11) is 0. The van der Waals surface area contributed by atoms with E-state index in [1.807, 2.05) is 19.1 Å². The quantitative estimate of drug-likeness (QED) is 0.661. The summed E-state index contributed by atoms with van der Waals surface area (Å²) in [5.74, 6) is 1.68. The van der Waals surface area contributed by atoms with E-state index in [0.29, 0.717) is 6.79 Å². The number of rotatable bonds is 0. The van der Waals surface area contributed by atoms with Gasteiger partial charge in [-0.25, -0.2) is 0 Å². The van der Waals surface area contributed by atoms with E-state index in [4.69, 9.17) is 9.47 Å². The van der Waals surface area contributed by atoms with Crippen LogP contribution in [0.3, 0.4) is 0 Å². The zero-order valence-electron chi connectivity index (χ0n) is 6.06. The standard InChI is InChI=1S/C8H7BrO2/c1-5-2-3-6(9)8-7(5)10-4-11-8/h2-3H,4H2,1H3. The van der Waals surface area contributed by atoms with Gasteiger partial charge in [0.15, 0.2) is 11.5 Å². The first-order chi connectivity index (χ1) is 5.29. The predicted octanol–water partition coefficient (Wildman–Crippen LogP) is 2.49. The van der Waals surface area contributed by atoms with E-state index in [-0.39, 0.29) is 0 Å². The summed E-state index contributed by atoms with van der Waals surface area (Å²) in [6.07, 6.45) is 0. The minimum atomic E-state index is 0.332. The smallest absolute Gasteiger partial charge is 0.231 e. The van der Waals surface area contributed by atoms with Gasteiger partial charge in [0, 0.05) is 0 Å². The minimum absolute atomic E-state index is 0.332. The third-order valence-corrected chi connectivity index (χ3v) is 2.29. The van der Waals surface area contributed by atoms with E-state index < -0.39 is 0 Å². The predicted molar refractivity (Wildman–Crippen MR) is 45.0 cm³/mol. The summed E-state index contributed by atoms with van der Waals surface area (Å²) in [6, 6.07) is 3.96. The second-order valence-corrected chi connectivity index (χ2v) is 3.28. The van der Waals surface area contributed by atoms with Crippen molar-refractivity contribution >= 4 is 15.9 Å². The van der Waals surface area contributed by atoms with E-state index >= 15 is 0 Å². The molecule has 1 aromatic rings. The van der Waals surface area contributed by atoms with E-state index in [2.05, 4.69) is 15.9 Å². The van der Waals surface area contributed by atoms with Gasteiger partial charge in [-0.1, -0.05) is 6.07 Å². The molecule has 0 atom stereocenters. The van der Waals surface area contributed by atoms with Crippen molar-refractivity contribution in [2.45, 2.75) is 6.92 Å². The lowest BCUT2D eigenvalue weighted by atomic mass is 10.2. The van der Waals surface area contributed by atoms with Crippen molar-refractivity contribution in [1.82, 2.24) is 0 Å². The highest BCUT2D eigenvalue weighted by Crippen LogP contribution is 2.40. The first-order valence-electron chi connectivity index (χ1n) is 3.34. The lowest BCUT2D eigenvalue weighted by molar-refractivity contribution is 0.173. The molecule has 3 heteroatoms. The maximum atomic E-state index is 5.26. The van der Waals surface area contributed by atoms with Crippen LogP contribution in [0.2, 0.25) is 0 Å². The van der Waals surface area contributed by atoms with Gasteiger partial charge in [-0.3, -0.25) is 0 Å². The highest BCUT2D eigenvalue weighted by Gasteiger charge is 2.18. The number of hydrogen-bond acceptors (Lipinski definition) is 2. The van der Waals surface area contributed by atoms with Crippen molar-refractivity contribution in [3.8, 4) is 11.5 Å². The summed E-state index contributed by atoms with van der Waals surface area (Å²) < 4.78 is 11.5. The van der Waals surface area contributed by atoms with Crippen LogP contribution in [0.5, 0.6) is 11.5 Å². The topological polar surface area (TPSA) is 18.5 Å². The molecule has 1 aromatic carbocycles. The third-order valence-electron chi connectivity index (χ3n) is 1.67. The summed E-state index contributed by atoms with van der Waals surface area (Å²) in [5.41, 5.74) is 1.11. The van der Waals surface area contributed by atoms with E-state index in [0.717, 1.165) is 21.5 Å². The largest absolute Gasteiger partial charge is 0.453 e. The Kier molecular flexibility index (Phi) is 1.53. The first-order valence-corrected chi connectivity index (χ1v) is 4.13. The molecule has 1 aliphatic rings. The van der Waals surface area contributed by atoms with Crippen molar-refractivity contribution in [2.75, 3.05) is 6.79 Å². The van der Waals surface area contributed by atoms with Crippen LogP contribution in [0, 0.1) is 6.92 Å². The molecule has 0 radical (unpaired) electrons. The van der Waals surface area contributed by atoms with Crippen LogP contribution < -0.4 is 9.47 Å². The fourth-order valence-electron chi connectivity index (χ4n) is 1.10. The molecular formula is C8H7BrO2. The van der Waals surface area contributed by atoms with Crippen LogP contribution >= 0.6 is 15.9 Å². The van der Waals surface area contributed by atoms with Gasteiger partial charge in [0.05, 0.1) is 4.47 Å². The molecule has 0 aromatic heterocycles. The van der Waals surface area contributed by atoms with Crippen LogP contribution in [0.25, 0.3) is 0 Å². The van der Waals surface area contributed by atoms with Crippen LogP contribution in [-0.4, -0.2) is 6.79 Å². The van der Waals surface area contributed by atoms with Crippen molar-refractivity contribution in [2.24, 2.45) is 0 Å². The lowest BCUT2D eigenvalue weighted by Crippen LogP contribution is -1.93. The van der Waals surface area contributed by atoms with Gasteiger partial charge in [0.25, 0.3) is 0 Å². The second-order valence-electron chi connectivity index (χ2n) is 2.43. The van der Waals surface area contributed by atoms with Crippen molar-refractivity contribution in [3.05, 3.63) is 22.2 Å². The Morgan fingerprint density at radius 1 is 1.27 bits per heavy atom. The number of ether oxygens (including phenoxy) is 2. The number of hydrogen-bond donors (Lipinski definition) is 0. The van der Waals surface area contributed by atoms with Crippen LogP contribution in [0.4, 0.5) is 0 Å². The number of fused-ring (bicyclic) bond motifs is 1. The first kappa shape index (κ1) is 6.98. The molecule has 11 heavy (non-hydrogen) atoms. The average Bonchev–Trinajstić information content (AvgIpc) is 2.45. The monoisotopic (exact) mass is 214 g/mol. The molecule has 2 nitrogen and oxygen atoms in total. The molecule has 1 heterocycles. The minimum Gasteiger partial charge on any atom is -0.453 e. The molecule has 0 saturated carbocycles. The van der Waals surface area contributed by atoms with Gasteiger partial charge in [-0.05, 0) is 34.5 Å². The van der Waals surface area contributed by atoms with E-state index in [1.54, 1.807) is 0 Å². The number of halogens is 1. The van der Waals surface area contributed by atoms with Crippen LogP contribution in [0.15, 0.2) is 16.6 Å². The van der Waals surface area contributed by atoms with Gasteiger partial charge in [0.1, 0.15) is 0 Å². The van der Waals surface area contributed by atoms with E-state index in [1.165, 1.54) is 0 Å². The third kappa shape index (κ3) is 0.997. The fraction of sp³-hybridized carbons (Fsp3) is 0.250. The molecular weight excluding hydrogens is 208 g/mol. The molecule has 0 N–H and O–H groups in total. The normalized spacial score (nSPS) is 13.6. The average molecular weight is 215 g/mol. The summed E-state index contributed by atoms with van der Waals surface area (Å²) >= 11 is 3.38. The second kappa shape index (κ2) is 2.41. The molecule has 0 amide bonds. The Balaban J connectivity index is 2.64. The number of aryl methyl sites for hydroxylation is 1. The van der Waals surface area contributed by atoms with Crippen LogP contribution in [-0.2, 0) is 0 Å². The summed E-state index contributed by atoms with van der Waals surface area (Å²) in [5, 5.41) is 0. The zero-order valence-corrected chi connectivity index (χ0v) is 7.64. The fourth-order valence-corrected chi connectivity index (χ4v) is 1.52. The van der Waals surface area contributed by atoms with Gasteiger partial charge in [0.2, 0.25) is 6.79 Å². The molecule has 0 aliphatic carbocycles. The SMILES string of the molecule is Cc1ccc(Br)c2c1OCO2. The Labute approximate surface area is 73.3 Å². The molecule has 2 rings (SSSR count). The highest BCUT2D eigenvalue weighted by molar-refractivity contribution is 9.10. The molecule has 0 unspecified atom stereocenters. The van der Waals surface area contributed by atoms with Crippen LogP contribution in [0.1, 0.15) is 5.56 Å². The molecule has 1 aliphatic heterocycles. The van der Waals surface area contributed by atoms with Crippen molar-refractivity contribution in [1.29, 1.82) is 0 Å². The van der Waals surface area contributed by atoms with Crippen molar-refractivity contribution in [3.63, 3.8) is 0 Å². The van der Waals surface area contributed by atoms with Crippen molar-refractivity contribution < 1.29 is 9.47 Å². The van der Waals surface area contributed by atoms with Gasteiger partial charge >= 0.3 is 0 Å². The highest BCUT2D eigenvalue weighted by atomic mass is 79.9. The molecule has 0 fully saturated rings. The van der Waals surface area contributed by atoms with E-state index in [9.17, 15) is 0 Å². The van der Waals surface area contributed by atoms with Gasteiger partial charge in [-0.2, -0.15) is 0 Å². The lowest BCUT2D eigenvalue weighted by Gasteiger charge is -2.00. The maximum Gasteiger partial charge on any atom is 0.231 e. The molecule has 0 saturated heterocycles. The zero-order chi connectivity index (χ0) is 7.84. The van der Waals surface area contributed by atoms with Gasteiger partial charge < -0.3 is 9.47 Å². The Bertz CT molecular complexity index is 267. The molecule has 0 spiro atoms.